The average Bonchev–Trinajstić information content (AvgIpc) is 2.75. The molecule has 1 aromatic heterocycles. The lowest BCUT2D eigenvalue weighted by atomic mass is 10.2. The first-order valence-electron chi connectivity index (χ1n) is 5.54. The Bertz CT molecular complexity index is 568. The summed E-state index contributed by atoms with van der Waals surface area (Å²) in [5.74, 6) is 0. The van der Waals surface area contributed by atoms with Crippen LogP contribution in [0.1, 0.15) is 11.3 Å². The van der Waals surface area contributed by atoms with Crippen molar-refractivity contribution in [3.05, 3.63) is 53.9 Å². The third-order valence-corrected chi connectivity index (χ3v) is 2.59. The lowest BCUT2D eigenvalue weighted by Crippen LogP contribution is -2.04. The number of nitrogens with one attached hydrogen (secondary N) is 1. The predicted octanol–water partition coefficient (Wildman–Crippen LogP) is 3.49. The van der Waals surface area contributed by atoms with Crippen LogP contribution in [0.2, 0.25) is 0 Å². The number of hydrazone groups is 1. The zero-order chi connectivity index (χ0) is 13.9. The van der Waals surface area contributed by atoms with Crippen molar-refractivity contribution in [3.8, 4) is 0 Å². The standard InChI is InChI=1S/C13H12F3N3/c1-19-8-2-3-12(19)9-17-18-11-6-4-10(5-7-11)13(14,15)16/h2-9,18H,1H3/b17-9-. The minimum atomic E-state index is -4.31. The summed E-state index contributed by atoms with van der Waals surface area (Å²) in [6.07, 6.45) is -0.845. The Labute approximate surface area is 108 Å². The summed E-state index contributed by atoms with van der Waals surface area (Å²) >= 11 is 0. The van der Waals surface area contributed by atoms with Crippen molar-refractivity contribution >= 4 is 11.9 Å². The molecular weight excluding hydrogens is 255 g/mol. The number of nitrogens with zero attached hydrogens (tertiary/aromatic N) is 2. The van der Waals surface area contributed by atoms with Crippen LogP contribution in [0, 0.1) is 0 Å². The van der Waals surface area contributed by atoms with Crippen molar-refractivity contribution in [2.45, 2.75) is 6.18 Å². The number of alkyl halides is 3. The molecule has 1 N–H and O–H groups in total. The third-order valence-electron chi connectivity index (χ3n) is 2.59. The summed E-state index contributed by atoms with van der Waals surface area (Å²) in [6, 6.07) is 8.45. The second-order valence-electron chi connectivity index (χ2n) is 3.99. The first-order valence-corrected chi connectivity index (χ1v) is 5.54. The molecule has 0 bridgehead atoms. The van der Waals surface area contributed by atoms with Gasteiger partial charge in [-0.25, -0.2) is 0 Å². The van der Waals surface area contributed by atoms with Gasteiger partial charge in [-0.2, -0.15) is 18.3 Å². The fourth-order valence-corrected chi connectivity index (χ4v) is 1.52. The minimum absolute atomic E-state index is 0.499. The Hall–Kier alpha value is -2.24. The van der Waals surface area contributed by atoms with Crippen LogP contribution in [0.3, 0.4) is 0 Å². The fraction of sp³-hybridized carbons (Fsp3) is 0.154. The van der Waals surface area contributed by atoms with E-state index in [1.54, 1.807) is 6.21 Å². The first-order chi connectivity index (χ1) is 8.97. The van der Waals surface area contributed by atoms with Crippen LogP contribution in [0.15, 0.2) is 47.7 Å². The van der Waals surface area contributed by atoms with Crippen LogP contribution in [-0.4, -0.2) is 10.8 Å². The number of hydrogen-bond acceptors (Lipinski definition) is 2. The number of benzene rings is 1. The Kier molecular flexibility index (Phi) is 3.59. The third kappa shape index (κ3) is 3.37. The van der Waals surface area contributed by atoms with E-state index in [0.717, 1.165) is 17.8 Å². The van der Waals surface area contributed by atoms with Gasteiger partial charge in [0.2, 0.25) is 0 Å². The molecule has 0 amide bonds. The maximum Gasteiger partial charge on any atom is 0.416 e. The number of hydrogen-bond donors (Lipinski definition) is 1. The highest BCUT2D eigenvalue weighted by Crippen LogP contribution is 2.29. The lowest BCUT2D eigenvalue weighted by molar-refractivity contribution is -0.137. The molecule has 19 heavy (non-hydrogen) atoms. The molecule has 2 rings (SSSR count). The molecule has 0 spiro atoms. The normalized spacial score (nSPS) is 12.0. The van der Waals surface area contributed by atoms with E-state index in [0.29, 0.717) is 5.69 Å². The topological polar surface area (TPSA) is 29.3 Å². The molecule has 1 heterocycles. The van der Waals surface area contributed by atoms with Crippen LogP contribution in [-0.2, 0) is 13.2 Å². The van der Waals surface area contributed by atoms with Crippen LogP contribution < -0.4 is 5.43 Å². The van der Waals surface area contributed by atoms with E-state index >= 15 is 0 Å². The maximum atomic E-state index is 12.3. The Morgan fingerprint density at radius 1 is 1.16 bits per heavy atom. The van der Waals surface area contributed by atoms with Gasteiger partial charge in [0, 0.05) is 13.2 Å². The smallest absolute Gasteiger partial charge is 0.350 e. The fourth-order valence-electron chi connectivity index (χ4n) is 1.52. The van der Waals surface area contributed by atoms with Gasteiger partial charge in [-0.1, -0.05) is 0 Å². The van der Waals surface area contributed by atoms with Crippen molar-refractivity contribution in [2.24, 2.45) is 12.1 Å². The number of halogens is 3. The van der Waals surface area contributed by atoms with E-state index < -0.39 is 11.7 Å². The Morgan fingerprint density at radius 2 is 1.84 bits per heavy atom. The zero-order valence-corrected chi connectivity index (χ0v) is 10.1. The van der Waals surface area contributed by atoms with Crippen LogP contribution in [0.4, 0.5) is 18.9 Å². The SMILES string of the molecule is Cn1cccc1/C=N\Nc1ccc(C(F)(F)F)cc1. The van der Waals surface area contributed by atoms with E-state index in [-0.39, 0.29) is 0 Å². The number of rotatable bonds is 3. The molecule has 0 saturated carbocycles. The van der Waals surface area contributed by atoms with E-state index in [2.05, 4.69) is 10.5 Å². The second-order valence-corrected chi connectivity index (χ2v) is 3.99. The highest BCUT2D eigenvalue weighted by molar-refractivity contribution is 5.78. The van der Waals surface area contributed by atoms with Gasteiger partial charge in [0.05, 0.1) is 23.2 Å². The first kappa shape index (κ1) is 13.2. The van der Waals surface area contributed by atoms with Gasteiger partial charge in [-0.05, 0) is 36.4 Å². The maximum absolute atomic E-state index is 12.3. The molecule has 0 fully saturated rings. The van der Waals surface area contributed by atoms with Crippen molar-refractivity contribution in [1.82, 2.24) is 4.57 Å². The molecule has 0 aliphatic carbocycles. The minimum Gasteiger partial charge on any atom is -0.350 e. The van der Waals surface area contributed by atoms with Gasteiger partial charge in [0.15, 0.2) is 0 Å². The van der Waals surface area contributed by atoms with Crippen LogP contribution >= 0.6 is 0 Å². The van der Waals surface area contributed by atoms with Crippen molar-refractivity contribution in [3.63, 3.8) is 0 Å². The summed E-state index contributed by atoms with van der Waals surface area (Å²) in [4.78, 5) is 0. The Morgan fingerprint density at radius 3 is 2.37 bits per heavy atom. The zero-order valence-electron chi connectivity index (χ0n) is 10.1. The van der Waals surface area contributed by atoms with Gasteiger partial charge < -0.3 is 4.57 Å². The number of aryl methyl sites for hydroxylation is 1. The predicted molar refractivity (Wildman–Crippen MR) is 68.1 cm³/mol. The van der Waals surface area contributed by atoms with Crippen molar-refractivity contribution in [1.29, 1.82) is 0 Å². The molecule has 0 radical (unpaired) electrons. The van der Waals surface area contributed by atoms with Crippen molar-refractivity contribution < 1.29 is 13.2 Å². The summed E-state index contributed by atoms with van der Waals surface area (Å²) in [6.45, 7) is 0. The van der Waals surface area contributed by atoms with Crippen LogP contribution in [0.25, 0.3) is 0 Å². The molecule has 0 atom stereocenters. The molecule has 0 aliphatic heterocycles. The molecular formula is C13H12F3N3. The molecule has 1 aromatic carbocycles. The quantitative estimate of drug-likeness (QED) is 0.669. The molecule has 6 heteroatoms. The summed E-state index contributed by atoms with van der Waals surface area (Å²) in [5, 5.41) is 3.96. The van der Waals surface area contributed by atoms with Gasteiger partial charge in [0.1, 0.15) is 0 Å². The monoisotopic (exact) mass is 267 g/mol. The molecule has 0 unspecified atom stereocenters. The molecule has 100 valence electrons. The molecule has 3 nitrogen and oxygen atoms in total. The number of aromatic nitrogens is 1. The lowest BCUT2D eigenvalue weighted by Gasteiger charge is -2.07. The summed E-state index contributed by atoms with van der Waals surface area (Å²) in [5.41, 5.74) is 3.39. The van der Waals surface area contributed by atoms with E-state index in [9.17, 15) is 13.2 Å². The second kappa shape index (κ2) is 5.17. The summed E-state index contributed by atoms with van der Waals surface area (Å²) in [7, 11) is 1.87. The van der Waals surface area contributed by atoms with E-state index in [1.165, 1.54) is 12.1 Å². The van der Waals surface area contributed by atoms with Gasteiger partial charge >= 0.3 is 6.18 Å². The van der Waals surface area contributed by atoms with Gasteiger partial charge in [-0.15, -0.1) is 0 Å². The molecule has 0 aliphatic rings. The summed E-state index contributed by atoms with van der Waals surface area (Å²) < 4.78 is 38.9. The van der Waals surface area contributed by atoms with E-state index in [1.807, 2.05) is 29.9 Å². The Balaban J connectivity index is 2.01. The van der Waals surface area contributed by atoms with Gasteiger partial charge in [0.25, 0.3) is 0 Å². The molecule has 2 aromatic rings. The van der Waals surface area contributed by atoms with Crippen LogP contribution in [0.5, 0.6) is 0 Å². The largest absolute Gasteiger partial charge is 0.416 e. The highest BCUT2D eigenvalue weighted by atomic mass is 19.4. The van der Waals surface area contributed by atoms with E-state index in [4.69, 9.17) is 0 Å². The molecule has 0 saturated heterocycles. The highest BCUT2D eigenvalue weighted by Gasteiger charge is 2.29. The van der Waals surface area contributed by atoms with Crippen molar-refractivity contribution in [2.75, 3.05) is 5.43 Å². The average molecular weight is 267 g/mol. The van der Waals surface area contributed by atoms with Gasteiger partial charge in [-0.3, -0.25) is 5.43 Å². The number of anilines is 1.